The standard InChI is InChI=1S/C12H15N3O3/c1-8(12(2,3)16)14-11-5-4-10(15(17)18)6-9(11)7-13/h4-6,8,14,16H,1-3H3. The predicted octanol–water partition coefficient (Wildman–Crippen LogP) is 2.04. The van der Waals surface area contributed by atoms with Crippen molar-refractivity contribution in [1.82, 2.24) is 0 Å². The van der Waals surface area contributed by atoms with Crippen LogP contribution >= 0.6 is 0 Å². The molecule has 6 heteroatoms. The van der Waals surface area contributed by atoms with Crippen LogP contribution in [-0.2, 0) is 0 Å². The molecule has 0 aromatic heterocycles. The first-order valence-electron chi connectivity index (χ1n) is 5.43. The lowest BCUT2D eigenvalue weighted by Crippen LogP contribution is -2.39. The van der Waals surface area contributed by atoms with Gasteiger partial charge in [-0.3, -0.25) is 10.1 Å². The summed E-state index contributed by atoms with van der Waals surface area (Å²) in [5.74, 6) is 0. The molecule has 0 saturated heterocycles. The molecule has 0 bridgehead atoms. The number of benzene rings is 1. The SMILES string of the molecule is CC(Nc1ccc([N+](=O)[O-])cc1C#N)C(C)(C)O. The molecule has 0 aliphatic carbocycles. The van der Waals surface area contributed by atoms with E-state index in [0.717, 1.165) is 0 Å². The minimum Gasteiger partial charge on any atom is -0.388 e. The summed E-state index contributed by atoms with van der Waals surface area (Å²) < 4.78 is 0. The number of nitro groups is 1. The summed E-state index contributed by atoms with van der Waals surface area (Å²) in [6.45, 7) is 5.05. The van der Waals surface area contributed by atoms with E-state index in [2.05, 4.69) is 5.32 Å². The van der Waals surface area contributed by atoms with E-state index < -0.39 is 10.5 Å². The maximum Gasteiger partial charge on any atom is 0.270 e. The number of nitriles is 1. The van der Waals surface area contributed by atoms with Gasteiger partial charge in [0.15, 0.2) is 0 Å². The molecule has 0 heterocycles. The molecular formula is C12H15N3O3. The van der Waals surface area contributed by atoms with Gasteiger partial charge in [0.2, 0.25) is 0 Å². The van der Waals surface area contributed by atoms with Crippen LogP contribution in [0.3, 0.4) is 0 Å². The molecule has 1 rings (SSSR count). The highest BCUT2D eigenvalue weighted by Gasteiger charge is 2.23. The first kappa shape index (κ1) is 13.9. The maximum atomic E-state index is 10.6. The number of nitro benzene ring substituents is 1. The summed E-state index contributed by atoms with van der Waals surface area (Å²) in [7, 11) is 0. The van der Waals surface area contributed by atoms with Gasteiger partial charge in [-0.1, -0.05) is 0 Å². The second-order valence-corrected chi connectivity index (χ2v) is 4.62. The number of nitrogens with zero attached hydrogens (tertiary/aromatic N) is 2. The van der Waals surface area contributed by atoms with E-state index in [1.807, 2.05) is 6.07 Å². The topological polar surface area (TPSA) is 99.2 Å². The molecule has 1 unspecified atom stereocenters. The first-order valence-corrected chi connectivity index (χ1v) is 5.43. The summed E-state index contributed by atoms with van der Waals surface area (Å²) >= 11 is 0. The maximum absolute atomic E-state index is 10.6. The Labute approximate surface area is 105 Å². The summed E-state index contributed by atoms with van der Waals surface area (Å²) in [6, 6.07) is 5.60. The van der Waals surface area contributed by atoms with E-state index in [4.69, 9.17) is 5.26 Å². The third kappa shape index (κ3) is 3.18. The fourth-order valence-corrected chi connectivity index (χ4v) is 1.27. The van der Waals surface area contributed by atoms with Gasteiger partial charge in [0.1, 0.15) is 6.07 Å². The molecule has 0 aliphatic heterocycles. The number of rotatable bonds is 4. The van der Waals surface area contributed by atoms with E-state index in [9.17, 15) is 15.2 Å². The van der Waals surface area contributed by atoms with Crippen molar-refractivity contribution in [3.05, 3.63) is 33.9 Å². The molecule has 0 fully saturated rings. The van der Waals surface area contributed by atoms with Crippen molar-refractivity contribution >= 4 is 11.4 Å². The number of anilines is 1. The van der Waals surface area contributed by atoms with E-state index in [1.165, 1.54) is 18.2 Å². The van der Waals surface area contributed by atoms with Crippen LogP contribution < -0.4 is 5.32 Å². The average molecular weight is 249 g/mol. The van der Waals surface area contributed by atoms with Crippen LogP contribution in [0.15, 0.2) is 18.2 Å². The minimum absolute atomic E-state index is 0.131. The molecule has 96 valence electrons. The summed E-state index contributed by atoms with van der Waals surface area (Å²) in [5, 5.41) is 32.3. The Morgan fingerprint density at radius 3 is 2.61 bits per heavy atom. The third-order valence-electron chi connectivity index (χ3n) is 2.77. The number of non-ortho nitro benzene ring substituents is 1. The van der Waals surface area contributed by atoms with Gasteiger partial charge in [-0.25, -0.2) is 0 Å². The van der Waals surface area contributed by atoms with Crippen molar-refractivity contribution < 1.29 is 10.0 Å². The summed E-state index contributed by atoms with van der Waals surface area (Å²) in [5.41, 5.74) is -0.444. The largest absolute Gasteiger partial charge is 0.388 e. The van der Waals surface area contributed by atoms with Crippen LogP contribution in [0.5, 0.6) is 0 Å². The molecule has 1 aromatic rings. The fraction of sp³-hybridized carbons (Fsp3) is 0.417. The van der Waals surface area contributed by atoms with Crippen LogP contribution in [0.25, 0.3) is 0 Å². The molecule has 1 aromatic carbocycles. The van der Waals surface area contributed by atoms with Gasteiger partial charge >= 0.3 is 0 Å². The van der Waals surface area contributed by atoms with Gasteiger partial charge < -0.3 is 10.4 Å². The Kier molecular flexibility index (Phi) is 3.89. The lowest BCUT2D eigenvalue weighted by Gasteiger charge is -2.27. The lowest BCUT2D eigenvalue weighted by molar-refractivity contribution is -0.384. The number of hydrogen-bond donors (Lipinski definition) is 2. The smallest absolute Gasteiger partial charge is 0.270 e. The van der Waals surface area contributed by atoms with E-state index in [0.29, 0.717) is 5.69 Å². The predicted molar refractivity (Wildman–Crippen MR) is 67.2 cm³/mol. The van der Waals surface area contributed by atoms with E-state index >= 15 is 0 Å². The number of nitrogens with one attached hydrogen (secondary N) is 1. The monoisotopic (exact) mass is 249 g/mol. The zero-order valence-corrected chi connectivity index (χ0v) is 10.5. The van der Waals surface area contributed by atoms with E-state index in [-0.39, 0.29) is 17.3 Å². The average Bonchev–Trinajstić information content (AvgIpc) is 2.27. The lowest BCUT2D eigenvalue weighted by atomic mass is 10.00. The molecule has 2 N–H and O–H groups in total. The Bertz CT molecular complexity index is 500. The Morgan fingerprint density at radius 1 is 1.56 bits per heavy atom. The second kappa shape index (κ2) is 5.02. The summed E-state index contributed by atoms with van der Waals surface area (Å²) in [6.07, 6.45) is 0. The first-order chi connectivity index (χ1) is 8.25. The van der Waals surface area contributed by atoms with Crippen molar-refractivity contribution in [2.75, 3.05) is 5.32 Å². The Balaban J connectivity index is 3.05. The molecule has 0 spiro atoms. The normalized spacial score (nSPS) is 12.6. The zero-order chi connectivity index (χ0) is 13.9. The number of aliphatic hydroxyl groups is 1. The zero-order valence-electron chi connectivity index (χ0n) is 10.5. The van der Waals surface area contributed by atoms with E-state index in [1.54, 1.807) is 20.8 Å². The minimum atomic E-state index is -0.964. The van der Waals surface area contributed by atoms with Gasteiger partial charge in [0, 0.05) is 12.1 Å². The Hall–Kier alpha value is -2.13. The molecule has 0 amide bonds. The van der Waals surface area contributed by atoms with Crippen LogP contribution in [0, 0.1) is 21.4 Å². The third-order valence-corrected chi connectivity index (χ3v) is 2.77. The van der Waals surface area contributed by atoms with Gasteiger partial charge in [0.05, 0.1) is 27.8 Å². The molecular weight excluding hydrogens is 234 g/mol. The van der Waals surface area contributed by atoms with Gasteiger partial charge in [-0.2, -0.15) is 5.26 Å². The van der Waals surface area contributed by atoms with Crippen LogP contribution in [0.1, 0.15) is 26.3 Å². The highest BCUT2D eigenvalue weighted by molar-refractivity contribution is 5.61. The van der Waals surface area contributed by atoms with Gasteiger partial charge in [-0.15, -0.1) is 0 Å². The molecule has 0 aliphatic rings. The van der Waals surface area contributed by atoms with Crippen molar-refractivity contribution in [3.63, 3.8) is 0 Å². The molecule has 0 saturated carbocycles. The highest BCUT2D eigenvalue weighted by atomic mass is 16.6. The van der Waals surface area contributed by atoms with Crippen LogP contribution in [0.2, 0.25) is 0 Å². The quantitative estimate of drug-likeness (QED) is 0.628. The van der Waals surface area contributed by atoms with Crippen molar-refractivity contribution in [3.8, 4) is 6.07 Å². The van der Waals surface area contributed by atoms with Gasteiger partial charge in [0.25, 0.3) is 5.69 Å². The molecule has 0 radical (unpaired) electrons. The fourth-order valence-electron chi connectivity index (χ4n) is 1.27. The molecule has 1 atom stereocenters. The van der Waals surface area contributed by atoms with Crippen molar-refractivity contribution in [1.29, 1.82) is 5.26 Å². The second-order valence-electron chi connectivity index (χ2n) is 4.62. The van der Waals surface area contributed by atoms with Gasteiger partial charge in [-0.05, 0) is 26.8 Å². The van der Waals surface area contributed by atoms with Crippen LogP contribution in [-0.4, -0.2) is 21.7 Å². The summed E-state index contributed by atoms with van der Waals surface area (Å²) in [4.78, 5) is 10.0. The van der Waals surface area contributed by atoms with Crippen molar-refractivity contribution in [2.24, 2.45) is 0 Å². The van der Waals surface area contributed by atoms with Crippen LogP contribution in [0.4, 0.5) is 11.4 Å². The molecule has 18 heavy (non-hydrogen) atoms. The highest BCUT2D eigenvalue weighted by Crippen LogP contribution is 2.23. The Morgan fingerprint density at radius 2 is 2.17 bits per heavy atom. The molecule has 6 nitrogen and oxygen atoms in total. The number of hydrogen-bond acceptors (Lipinski definition) is 5. The van der Waals surface area contributed by atoms with Crippen molar-refractivity contribution in [2.45, 2.75) is 32.4 Å².